The largest absolute Gasteiger partial charge is 0.504 e. The summed E-state index contributed by atoms with van der Waals surface area (Å²) in [5.41, 5.74) is 0.416. The van der Waals surface area contributed by atoms with E-state index in [1.165, 1.54) is 13.2 Å². The molecule has 1 amide bonds. The lowest BCUT2D eigenvalue weighted by molar-refractivity contribution is -0.116. The van der Waals surface area contributed by atoms with Crippen molar-refractivity contribution in [3.63, 3.8) is 0 Å². The molecule has 0 aromatic heterocycles. The number of carbonyl (C=O) groups is 1. The Bertz CT molecular complexity index is 524. The molecule has 1 saturated heterocycles. The van der Waals surface area contributed by atoms with E-state index in [1.807, 2.05) is 0 Å². The summed E-state index contributed by atoms with van der Waals surface area (Å²) in [4.78, 5) is 11.4. The van der Waals surface area contributed by atoms with Crippen LogP contribution in [0.4, 0.5) is 0 Å². The van der Waals surface area contributed by atoms with Crippen molar-refractivity contribution < 1.29 is 19.4 Å². The van der Waals surface area contributed by atoms with Gasteiger partial charge >= 0.3 is 0 Å². The molecule has 1 aliphatic rings. The Labute approximate surface area is 103 Å². The molecule has 1 aromatic rings. The normalized spacial score (nSPS) is 16.9. The fourth-order valence-corrected chi connectivity index (χ4v) is 1.57. The molecule has 0 saturated carbocycles. The van der Waals surface area contributed by atoms with E-state index in [0.717, 1.165) is 0 Å². The predicted molar refractivity (Wildman–Crippen MR) is 64.5 cm³/mol. The van der Waals surface area contributed by atoms with Gasteiger partial charge in [-0.3, -0.25) is 10.1 Å². The Hall–Kier alpha value is -2.08. The maximum atomic E-state index is 11.4. The fourth-order valence-electron chi connectivity index (χ4n) is 1.38. The van der Waals surface area contributed by atoms with Gasteiger partial charge in [0.05, 0.1) is 7.11 Å². The fraction of sp³-hybridized carbons (Fsp3) is 0.0909. The zero-order valence-electron chi connectivity index (χ0n) is 8.89. The molecule has 5 nitrogen and oxygen atoms in total. The smallest absolute Gasteiger partial charge is 0.294 e. The lowest BCUT2D eigenvalue weighted by Gasteiger charge is -2.05. The van der Waals surface area contributed by atoms with Crippen LogP contribution in [-0.4, -0.2) is 23.3 Å². The number of aromatic hydroxyl groups is 1. The van der Waals surface area contributed by atoms with Gasteiger partial charge in [0.2, 0.25) is 0 Å². The molecule has 1 heterocycles. The number of hydrogen-bond acceptors (Lipinski definition) is 5. The monoisotopic (exact) mass is 251 g/mol. The molecule has 6 heteroatoms. The number of hydrogen-bond donors (Lipinski definition) is 2. The van der Waals surface area contributed by atoms with E-state index >= 15 is 0 Å². The summed E-state index contributed by atoms with van der Waals surface area (Å²) in [7, 11) is 1.44. The van der Waals surface area contributed by atoms with E-state index in [9.17, 15) is 9.90 Å². The van der Waals surface area contributed by atoms with Crippen LogP contribution in [-0.2, 0) is 9.53 Å². The lowest BCUT2D eigenvalue weighted by Crippen LogP contribution is -2.18. The van der Waals surface area contributed by atoms with E-state index in [0.29, 0.717) is 11.3 Å². The number of carbonyl (C=O) groups excluding carboxylic acids is 1. The molecule has 1 aliphatic heterocycles. The van der Waals surface area contributed by atoms with E-state index in [4.69, 9.17) is 9.47 Å². The minimum Gasteiger partial charge on any atom is -0.504 e. The van der Waals surface area contributed by atoms with Crippen molar-refractivity contribution in [3.8, 4) is 11.5 Å². The minimum atomic E-state index is -0.433. The number of rotatable bonds is 2. The van der Waals surface area contributed by atoms with Crippen molar-refractivity contribution in [2.75, 3.05) is 7.11 Å². The molecule has 1 aromatic carbocycles. The van der Waals surface area contributed by atoms with Crippen molar-refractivity contribution in [2.45, 2.75) is 0 Å². The van der Waals surface area contributed by atoms with Gasteiger partial charge in [-0.15, -0.1) is 0 Å². The number of nitrogens with one attached hydrogen (secondary N) is 1. The molecular weight excluding hydrogens is 242 g/mol. The molecule has 0 bridgehead atoms. The summed E-state index contributed by atoms with van der Waals surface area (Å²) in [6.45, 7) is 0. The van der Waals surface area contributed by atoms with E-state index in [2.05, 4.69) is 17.5 Å². The van der Waals surface area contributed by atoms with Crippen molar-refractivity contribution >= 4 is 29.4 Å². The SMILES string of the molecule is COc1cccc(C=C2OC(=S)NC2=O)c1O. The van der Waals surface area contributed by atoms with Crippen LogP contribution < -0.4 is 10.1 Å². The number of phenolic OH excluding ortho intramolecular Hbond substituents is 1. The van der Waals surface area contributed by atoms with Gasteiger partial charge in [0, 0.05) is 5.56 Å². The van der Waals surface area contributed by atoms with Crippen LogP contribution in [0, 0.1) is 0 Å². The van der Waals surface area contributed by atoms with Gasteiger partial charge in [0.15, 0.2) is 17.3 Å². The van der Waals surface area contributed by atoms with Crippen molar-refractivity contribution in [1.29, 1.82) is 0 Å². The first kappa shape index (κ1) is 11.4. The maximum absolute atomic E-state index is 11.4. The second-order valence-electron chi connectivity index (χ2n) is 3.25. The topological polar surface area (TPSA) is 67.8 Å². The number of methoxy groups -OCH3 is 1. The van der Waals surface area contributed by atoms with Crippen LogP contribution in [0.1, 0.15) is 5.56 Å². The Morgan fingerprint density at radius 2 is 2.29 bits per heavy atom. The second-order valence-corrected chi connectivity index (χ2v) is 3.62. The van der Waals surface area contributed by atoms with Crippen molar-refractivity contribution in [3.05, 3.63) is 29.5 Å². The number of thiocarbonyl (C=S) groups is 1. The highest BCUT2D eigenvalue weighted by Gasteiger charge is 2.23. The Morgan fingerprint density at radius 1 is 1.53 bits per heavy atom. The van der Waals surface area contributed by atoms with Gasteiger partial charge in [0.1, 0.15) is 0 Å². The molecule has 2 N–H and O–H groups in total. The van der Waals surface area contributed by atoms with E-state index < -0.39 is 5.91 Å². The average Bonchev–Trinajstić information content (AvgIpc) is 2.60. The molecule has 0 unspecified atom stereocenters. The first-order chi connectivity index (χ1) is 8.11. The summed E-state index contributed by atoms with van der Waals surface area (Å²) in [6.07, 6.45) is 1.40. The molecule has 1 fully saturated rings. The highest BCUT2D eigenvalue weighted by atomic mass is 32.1. The number of ether oxygens (including phenoxy) is 2. The molecule has 2 rings (SSSR count). The summed E-state index contributed by atoms with van der Waals surface area (Å²) in [5.74, 6) is -0.132. The summed E-state index contributed by atoms with van der Waals surface area (Å²) in [6, 6.07) is 4.93. The zero-order chi connectivity index (χ0) is 12.4. The maximum Gasteiger partial charge on any atom is 0.294 e. The van der Waals surface area contributed by atoms with Gasteiger partial charge in [-0.05, 0) is 24.4 Å². The van der Waals surface area contributed by atoms with Crippen molar-refractivity contribution in [1.82, 2.24) is 5.32 Å². The molecule has 0 spiro atoms. The van der Waals surface area contributed by atoms with Gasteiger partial charge in [-0.1, -0.05) is 12.1 Å². The van der Waals surface area contributed by atoms with E-state index in [-0.39, 0.29) is 16.7 Å². The molecule has 88 valence electrons. The molecule has 0 radical (unpaired) electrons. The minimum absolute atomic E-state index is 0.00337. The third-order valence-corrected chi connectivity index (χ3v) is 2.36. The van der Waals surface area contributed by atoms with Crippen LogP contribution >= 0.6 is 12.2 Å². The summed E-state index contributed by atoms with van der Waals surface area (Å²) in [5, 5.41) is 12.1. The van der Waals surface area contributed by atoms with Crippen LogP contribution in [0.3, 0.4) is 0 Å². The number of amides is 1. The Kier molecular flexibility index (Phi) is 2.97. The standard InChI is InChI=1S/C11H9NO4S/c1-15-7-4-2-3-6(9(7)13)5-8-10(14)12-11(17)16-8/h2-5,13H,1H3,(H,12,14,17). The van der Waals surface area contributed by atoms with Gasteiger partial charge < -0.3 is 14.6 Å². The second kappa shape index (κ2) is 4.42. The summed E-state index contributed by atoms with van der Waals surface area (Å²) >= 11 is 4.69. The molecular formula is C11H9NO4S. The third kappa shape index (κ3) is 2.21. The zero-order valence-corrected chi connectivity index (χ0v) is 9.71. The van der Waals surface area contributed by atoms with Crippen LogP contribution in [0.5, 0.6) is 11.5 Å². The lowest BCUT2D eigenvalue weighted by atomic mass is 10.1. The first-order valence-electron chi connectivity index (χ1n) is 4.72. The van der Waals surface area contributed by atoms with E-state index in [1.54, 1.807) is 18.2 Å². The Balaban J connectivity index is 2.39. The van der Waals surface area contributed by atoms with Crippen LogP contribution in [0.2, 0.25) is 0 Å². The number of para-hydroxylation sites is 1. The van der Waals surface area contributed by atoms with Crippen LogP contribution in [0.15, 0.2) is 24.0 Å². The van der Waals surface area contributed by atoms with Crippen molar-refractivity contribution in [2.24, 2.45) is 0 Å². The first-order valence-corrected chi connectivity index (χ1v) is 5.13. The van der Waals surface area contributed by atoms with Gasteiger partial charge in [-0.25, -0.2) is 0 Å². The molecule has 0 atom stereocenters. The number of benzene rings is 1. The van der Waals surface area contributed by atoms with Crippen LogP contribution in [0.25, 0.3) is 6.08 Å². The quantitative estimate of drug-likeness (QED) is 0.610. The van der Waals surface area contributed by atoms with Gasteiger partial charge in [-0.2, -0.15) is 0 Å². The predicted octanol–water partition coefficient (Wildman–Crippen LogP) is 1.17. The van der Waals surface area contributed by atoms with Gasteiger partial charge in [0.25, 0.3) is 11.1 Å². The molecule has 0 aliphatic carbocycles. The Morgan fingerprint density at radius 3 is 2.88 bits per heavy atom. The molecule has 17 heavy (non-hydrogen) atoms. The average molecular weight is 251 g/mol. The number of phenols is 1. The third-order valence-electron chi connectivity index (χ3n) is 2.18. The summed E-state index contributed by atoms with van der Waals surface area (Å²) < 4.78 is 9.94. The highest BCUT2D eigenvalue weighted by Crippen LogP contribution is 2.31. The highest BCUT2D eigenvalue weighted by molar-refractivity contribution is 7.80.